The average Bonchev–Trinajstić information content (AvgIpc) is 2.42. The molecule has 1 saturated heterocycles. The summed E-state index contributed by atoms with van der Waals surface area (Å²) in [5.74, 6) is 1.60. The largest absolute Gasteiger partial charge is 0.378 e. The summed E-state index contributed by atoms with van der Waals surface area (Å²) in [6.07, 6.45) is 2.51. The van der Waals surface area contributed by atoms with Crippen LogP contribution in [0.1, 0.15) is 26.7 Å². The first kappa shape index (κ1) is 12.6. The maximum atomic E-state index is 4.07. The fraction of sp³-hybridized carbons (Fsp3) is 0.846. The lowest BCUT2D eigenvalue weighted by atomic mass is 10.0. The molecule has 1 atom stereocenters. The van der Waals surface area contributed by atoms with Crippen LogP contribution in [0, 0.1) is 11.8 Å². The van der Waals surface area contributed by atoms with Gasteiger partial charge in [0.05, 0.1) is 0 Å². The van der Waals surface area contributed by atoms with Crippen LogP contribution in [0.5, 0.6) is 0 Å². The lowest BCUT2D eigenvalue weighted by Crippen LogP contribution is -2.26. The van der Waals surface area contributed by atoms with Crippen molar-refractivity contribution in [3.8, 4) is 0 Å². The number of allylic oxidation sites excluding steroid dienone is 1. The molecule has 1 aliphatic rings. The van der Waals surface area contributed by atoms with Crippen molar-refractivity contribution >= 4 is 0 Å². The van der Waals surface area contributed by atoms with Gasteiger partial charge in [-0.1, -0.05) is 20.4 Å². The SMILES string of the molecule is C=C1C[C@@H](CCN(C)CC(C)C)CN1C. The lowest BCUT2D eigenvalue weighted by molar-refractivity contribution is 0.270. The van der Waals surface area contributed by atoms with Gasteiger partial charge < -0.3 is 9.80 Å². The smallest absolute Gasteiger partial charge is 0.0204 e. The van der Waals surface area contributed by atoms with Gasteiger partial charge in [0, 0.05) is 25.8 Å². The minimum atomic E-state index is 0.774. The van der Waals surface area contributed by atoms with E-state index in [0.717, 1.165) is 11.8 Å². The van der Waals surface area contributed by atoms with Gasteiger partial charge in [-0.15, -0.1) is 0 Å². The summed E-state index contributed by atoms with van der Waals surface area (Å²) in [5.41, 5.74) is 1.31. The van der Waals surface area contributed by atoms with Gasteiger partial charge in [-0.2, -0.15) is 0 Å². The monoisotopic (exact) mass is 210 g/mol. The lowest BCUT2D eigenvalue weighted by Gasteiger charge is -2.20. The van der Waals surface area contributed by atoms with Gasteiger partial charge in [-0.25, -0.2) is 0 Å². The van der Waals surface area contributed by atoms with E-state index in [0.29, 0.717) is 0 Å². The quantitative estimate of drug-likeness (QED) is 0.687. The third-order valence-electron chi connectivity index (χ3n) is 3.19. The van der Waals surface area contributed by atoms with Crippen LogP contribution >= 0.6 is 0 Å². The first-order chi connectivity index (χ1) is 6.99. The average molecular weight is 210 g/mol. The number of hydrogen-bond acceptors (Lipinski definition) is 2. The molecule has 0 aliphatic carbocycles. The molecule has 0 saturated carbocycles. The predicted molar refractivity (Wildman–Crippen MR) is 66.8 cm³/mol. The molecule has 88 valence electrons. The van der Waals surface area contributed by atoms with Crippen LogP contribution in [0.3, 0.4) is 0 Å². The Bertz CT molecular complexity index is 211. The Morgan fingerprint density at radius 2 is 2.20 bits per heavy atom. The first-order valence-corrected chi connectivity index (χ1v) is 6.06. The maximum Gasteiger partial charge on any atom is 0.0204 e. The molecule has 0 spiro atoms. The molecule has 0 aromatic carbocycles. The standard InChI is InChI=1S/C13H26N2/c1-11(2)9-14(4)7-6-13-8-12(3)15(5)10-13/h11,13H,3,6-10H2,1-2,4-5H3/t13-/m1/s1. The van der Waals surface area contributed by atoms with Crippen molar-refractivity contribution < 1.29 is 0 Å². The summed E-state index contributed by atoms with van der Waals surface area (Å²) in [6, 6.07) is 0. The van der Waals surface area contributed by atoms with E-state index in [1.165, 1.54) is 38.2 Å². The summed E-state index contributed by atoms with van der Waals surface area (Å²) in [7, 11) is 4.38. The molecule has 0 N–H and O–H groups in total. The summed E-state index contributed by atoms with van der Waals surface area (Å²) in [4.78, 5) is 4.75. The van der Waals surface area contributed by atoms with Crippen LogP contribution in [0.2, 0.25) is 0 Å². The Hall–Kier alpha value is -0.500. The van der Waals surface area contributed by atoms with Gasteiger partial charge in [0.1, 0.15) is 0 Å². The topological polar surface area (TPSA) is 6.48 Å². The van der Waals surface area contributed by atoms with E-state index in [1.807, 2.05) is 0 Å². The molecule has 1 rings (SSSR count). The van der Waals surface area contributed by atoms with Crippen molar-refractivity contribution in [1.82, 2.24) is 9.80 Å². The van der Waals surface area contributed by atoms with E-state index in [4.69, 9.17) is 0 Å². The van der Waals surface area contributed by atoms with Crippen LogP contribution in [0.25, 0.3) is 0 Å². The second-order valence-electron chi connectivity index (χ2n) is 5.46. The normalized spacial score (nSPS) is 22.1. The van der Waals surface area contributed by atoms with Crippen LogP contribution in [-0.2, 0) is 0 Å². The highest BCUT2D eigenvalue weighted by molar-refractivity contribution is 5.01. The third kappa shape index (κ3) is 4.25. The highest BCUT2D eigenvalue weighted by atomic mass is 15.1. The zero-order valence-corrected chi connectivity index (χ0v) is 10.8. The first-order valence-electron chi connectivity index (χ1n) is 6.06. The second kappa shape index (κ2) is 5.55. The van der Waals surface area contributed by atoms with Gasteiger partial charge in [0.15, 0.2) is 0 Å². The van der Waals surface area contributed by atoms with E-state index in [-0.39, 0.29) is 0 Å². The van der Waals surface area contributed by atoms with Crippen molar-refractivity contribution in [2.45, 2.75) is 26.7 Å². The van der Waals surface area contributed by atoms with E-state index < -0.39 is 0 Å². The molecule has 0 bridgehead atoms. The Kier molecular flexibility index (Phi) is 4.65. The summed E-state index contributed by atoms with van der Waals surface area (Å²) >= 11 is 0. The molecule has 1 heterocycles. The summed E-state index contributed by atoms with van der Waals surface area (Å²) in [6.45, 7) is 12.3. The van der Waals surface area contributed by atoms with E-state index in [9.17, 15) is 0 Å². The van der Waals surface area contributed by atoms with Gasteiger partial charge in [0.25, 0.3) is 0 Å². The summed E-state index contributed by atoms with van der Waals surface area (Å²) in [5, 5.41) is 0. The van der Waals surface area contributed by atoms with Crippen molar-refractivity contribution in [3.05, 3.63) is 12.3 Å². The van der Waals surface area contributed by atoms with Crippen LogP contribution in [0.4, 0.5) is 0 Å². The van der Waals surface area contributed by atoms with Gasteiger partial charge in [-0.3, -0.25) is 0 Å². The van der Waals surface area contributed by atoms with E-state index >= 15 is 0 Å². The minimum Gasteiger partial charge on any atom is -0.378 e. The number of hydrogen-bond donors (Lipinski definition) is 0. The second-order valence-corrected chi connectivity index (χ2v) is 5.46. The molecular weight excluding hydrogens is 184 g/mol. The number of nitrogens with zero attached hydrogens (tertiary/aromatic N) is 2. The fourth-order valence-electron chi connectivity index (χ4n) is 2.38. The van der Waals surface area contributed by atoms with Crippen molar-refractivity contribution in [2.24, 2.45) is 11.8 Å². The Morgan fingerprint density at radius 3 is 2.67 bits per heavy atom. The number of likely N-dealkylation sites (tertiary alicyclic amines) is 1. The molecule has 1 aliphatic heterocycles. The predicted octanol–water partition coefficient (Wildman–Crippen LogP) is 2.43. The highest BCUT2D eigenvalue weighted by Gasteiger charge is 2.22. The Labute approximate surface area is 94.9 Å². The van der Waals surface area contributed by atoms with Crippen molar-refractivity contribution in [2.75, 3.05) is 33.7 Å². The minimum absolute atomic E-state index is 0.774. The van der Waals surface area contributed by atoms with Gasteiger partial charge in [-0.05, 0) is 38.3 Å². The third-order valence-corrected chi connectivity index (χ3v) is 3.19. The van der Waals surface area contributed by atoms with Crippen LogP contribution in [-0.4, -0.2) is 43.5 Å². The molecule has 2 nitrogen and oxygen atoms in total. The zero-order valence-electron chi connectivity index (χ0n) is 10.8. The Morgan fingerprint density at radius 1 is 1.53 bits per heavy atom. The Balaban J connectivity index is 2.18. The van der Waals surface area contributed by atoms with E-state index in [2.05, 4.69) is 44.3 Å². The number of rotatable bonds is 5. The van der Waals surface area contributed by atoms with Crippen molar-refractivity contribution in [1.29, 1.82) is 0 Å². The van der Waals surface area contributed by atoms with Gasteiger partial charge >= 0.3 is 0 Å². The molecule has 0 unspecified atom stereocenters. The maximum absolute atomic E-state index is 4.07. The van der Waals surface area contributed by atoms with Crippen molar-refractivity contribution in [3.63, 3.8) is 0 Å². The molecule has 1 fully saturated rings. The molecule has 0 aromatic rings. The zero-order chi connectivity index (χ0) is 11.4. The highest BCUT2D eigenvalue weighted by Crippen LogP contribution is 2.25. The van der Waals surface area contributed by atoms with Gasteiger partial charge in [0.2, 0.25) is 0 Å². The van der Waals surface area contributed by atoms with Crippen LogP contribution < -0.4 is 0 Å². The molecule has 15 heavy (non-hydrogen) atoms. The molecular formula is C13H26N2. The molecule has 0 radical (unpaired) electrons. The van der Waals surface area contributed by atoms with E-state index in [1.54, 1.807) is 0 Å². The fourth-order valence-corrected chi connectivity index (χ4v) is 2.38. The van der Waals surface area contributed by atoms with Crippen LogP contribution in [0.15, 0.2) is 12.3 Å². The molecule has 0 aromatic heterocycles. The molecule has 2 heteroatoms. The molecule has 0 amide bonds. The summed E-state index contributed by atoms with van der Waals surface area (Å²) < 4.78 is 0.